The van der Waals surface area contributed by atoms with Crippen molar-refractivity contribution in [2.45, 2.75) is 12.3 Å². The molecule has 1 aromatic rings. The lowest BCUT2D eigenvalue weighted by molar-refractivity contribution is -0.0298. The zero-order valence-electron chi connectivity index (χ0n) is 7.58. The van der Waals surface area contributed by atoms with Crippen molar-refractivity contribution in [3.63, 3.8) is 0 Å². The Morgan fingerprint density at radius 2 is 1.92 bits per heavy atom. The number of aryl methyl sites for hydroxylation is 1. The van der Waals surface area contributed by atoms with Crippen molar-refractivity contribution in [1.29, 1.82) is 5.26 Å². The normalized spacial score (nSPS) is 18.8. The van der Waals surface area contributed by atoms with E-state index in [0.717, 1.165) is 5.56 Å². The average molecular weight is 173 g/mol. The lowest BCUT2D eigenvalue weighted by atomic mass is 9.80. The predicted molar refractivity (Wildman–Crippen MR) is 49.3 cm³/mol. The Morgan fingerprint density at radius 3 is 2.31 bits per heavy atom. The van der Waals surface area contributed by atoms with Crippen LogP contribution in [-0.4, -0.2) is 13.2 Å². The van der Waals surface area contributed by atoms with E-state index in [9.17, 15) is 0 Å². The van der Waals surface area contributed by atoms with Crippen LogP contribution in [0.5, 0.6) is 0 Å². The molecule has 1 aliphatic heterocycles. The van der Waals surface area contributed by atoms with Gasteiger partial charge in [0.2, 0.25) is 0 Å². The fourth-order valence-electron chi connectivity index (χ4n) is 1.47. The van der Waals surface area contributed by atoms with Crippen LogP contribution in [0, 0.1) is 18.3 Å². The molecule has 0 aliphatic carbocycles. The Balaban J connectivity index is 2.35. The minimum absolute atomic E-state index is 0.367. The lowest BCUT2D eigenvalue weighted by Gasteiger charge is -2.35. The Morgan fingerprint density at radius 1 is 1.31 bits per heavy atom. The van der Waals surface area contributed by atoms with Crippen LogP contribution < -0.4 is 0 Å². The second-order valence-electron chi connectivity index (χ2n) is 3.55. The first-order valence-electron chi connectivity index (χ1n) is 4.33. The molecule has 1 aliphatic rings. The van der Waals surface area contributed by atoms with E-state index in [2.05, 4.69) is 6.07 Å². The van der Waals surface area contributed by atoms with E-state index in [0.29, 0.717) is 13.2 Å². The second kappa shape index (κ2) is 2.86. The predicted octanol–water partition coefficient (Wildman–Crippen LogP) is 1.79. The van der Waals surface area contributed by atoms with Crippen LogP contribution in [-0.2, 0) is 10.2 Å². The third-order valence-electron chi connectivity index (χ3n) is 2.52. The number of rotatable bonds is 1. The Bertz CT molecular complexity index is 343. The summed E-state index contributed by atoms with van der Waals surface area (Å²) in [6.07, 6.45) is 0. The second-order valence-corrected chi connectivity index (χ2v) is 3.55. The summed E-state index contributed by atoms with van der Waals surface area (Å²) in [4.78, 5) is 0. The molecule has 0 atom stereocenters. The molecule has 13 heavy (non-hydrogen) atoms. The number of nitrogens with zero attached hydrogens (tertiary/aromatic N) is 1. The molecule has 1 aromatic carbocycles. The first-order valence-corrected chi connectivity index (χ1v) is 4.33. The van der Waals surface area contributed by atoms with Crippen LogP contribution in [0.3, 0.4) is 0 Å². The molecule has 0 saturated carbocycles. The molecule has 0 radical (unpaired) electrons. The summed E-state index contributed by atoms with van der Waals surface area (Å²) in [6, 6.07) is 10.4. The van der Waals surface area contributed by atoms with Crippen LogP contribution in [0.2, 0.25) is 0 Å². The number of ether oxygens (including phenoxy) is 1. The fourth-order valence-corrected chi connectivity index (χ4v) is 1.47. The molecule has 0 amide bonds. The van der Waals surface area contributed by atoms with Gasteiger partial charge in [0.05, 0.1) is 19.3 Å². The Kier molecular flexibility index (Phi) is 1.82. The van der Waals surface area contributed by atoms with E-state index in [1.165, 1.54) is 5.56 Å². The van der Waals surface area contributed by atoms with Gasteiger partial charge in [-0.2, -0.15) is 5.26 Å². The maximum absolute atomic E-state index is 9.03. The zero-order chi connectivity index (χ0) is 9.31. The maximum atomic E-state index is 9.03. The summed E-state index contributed by atoms with van der Waals surface area (Å²) in [5, 5.41) is 9.03. The van der Waals surface area contributed by atoms with Crippen LogP contribution in [0.4, 0.5) is 0 Å². The van der Waals surface area contributed by atoms with Crippen molar-refractivity contribution >= 4 is 0 Å². The number of hydrogen-bond donors (Lipinski definition) is 0. The highest BCUT2D eigenvalue weighted by atomic mass is 16.5. The molecule has 0 aromatic heterocycles. The summed E-state index contributed by atoms with van der Waals surface area (Å²) in [5.74, 6) is 0. The largest absolute Gasteiger partial charge is 0.377 e. The van der Waals surface area contributed by atoms with Crippen molar-refractivity contribution in [1.82, 2.24) is 0 Å². The standard InChI is InChI=1S/C11H11NO/c1-9-2-4-10(5-3-9)11(6-12)7-13-8-11/h2-5H,7-8H2,1H3. The quantitative estimate of drug-likeness (QED) is 0.648. The number of benzene rings is 1. The SMILES string of the molecule is Cc1ccc(C2(C#N)COC2)cc1. The third kappa shape index (κ3) is 1.22. The van der Waals surface area contributed by atoms with Crippen LogP contribution in [0.25, 0.3) is 0 Å². The maximum Gasteiger partial charge on any atom is 0.129 e. The summed E-state index contributed by atoms with van der Waals surface area (Å²) < 4.78 is 5.09. The van der Waals surface area contributed by atoms with Crippen LogP contribution >= 0.6 is 0 Å². The molecule has 1 saturated heterocycles. The van der Waals surface area contributed by atoms with E-state index < -0.39 is 0 Å². The molecule has 0 bridgehead atoms. The van der Waals surface area contributed by atoms with Crippen LogP contribution in [0.1, 0.15) is 11.1 Å². The van der Waals surface area contributed by atoms with Gasteiger partial charge < -0.3 is 4.74 Å². The van der Waals surface area contributed by atoms with Gasteiger partial charge in [0, 0.05) is 0 Å². The van der Waals surface area contributed by atoms with Gasteiger partial charge >= 0.3 is 0 Å². The molecule has 1 heterocycles. The number of hydrogen-bond acceptors (Lipinski definition) is 2. The van der Waals surface area contributed by atoms with Gasteiger partial charge in [-0.3, -0.25) is 0 Å². The highest BCUT2D eigenvalue weighted by Crippen LogP contribution is 2.31. The molecule has 2 nitrogen and oxygen atoms in total. The van der Waals surface area contributed by atoms with E-state index in [1.807, 2.05) is 31.2 Å². The van der Waals surface area contributed by atoms with E-state index in [1.54, 1.807) is 0 Å². The molecule has 0 spiro atoms. The highest BCUT2D eigenvalue weighted by molar-refractivity contribution is 5.36. The van der Waals surface area contributed by atoms with Gasteiger partial charge in [0.25, 0.3) is 0 Å². The topological polar surface area (TPSA) is 33.0 Å². The van der Waals surface area contributed by atoms with Gasteiger partial charge in [0.15, 0.2) is 0 Å². The zero-order valence-corrected chi connectivity index (χ0v) is 7.58. The Labute approximate surface area is 77.8 Å². The Hall–Kier alpha value is -1.33. The highest BCUT2D eigenvalue weighted by Gasteiger charge is 2.40. The smallest absolute Gasteiger partial charge is 0.129 e. The van der Waals surface area contributed by atoms with Crippen molar-refractivity contribution in [3.05, 3.63) is 35.4 Å². The molecule has 1 fully saturated rings. The molecule has 2 rings (SSSR count). The third-order valence-corrected chi connectivity index (χ3v) is 2.52. The molecule has 0 unspecified atom stereocenters. The van der Waals surface area contributed by atoms with Gasteiger partial charge in [-0.1, -0.05) is 29.8 Å². The molecule has 66 valence electrons. The van der Waals surface area contributed by atoms with Gasteiger partial charge in [-0.25, -0.2) is 0 Å². The summed E-state index contributed by atoms with van der Waals surface area (Å²) in [6.45, 7) is 3.11. The fraction of sp³-hybridized carbons (Fsp3) is 0.364. The average Bonchev–Trinajstić information content (AvgIpc) is 2.07. The molecule has 0 N–H and O–H groups in total. The summed E-state index contributed by atoms with van der Waals surface area (Å²) in [7, 11) is 0. The van der Waals surface area contributed by atoms with Crippen LogP contribution in [0.15, 0.2) is 24.3 Å². The van der Waals surface area contributed by atoms with Gasteiger partial charge in [0.1, 0.15) is 5.41 Å². The number of nitriles is 1. The first kappa shape index (κ1) is 8.28. The van der Waals surface area contributed by atoms with Crippen molar-refractivity contribution in [3.8, 4) is 6.07 Å². The first-order chi connectivity index (χ1) is 6.27. The minimum atomic E-state index is -0.367. The monoisotopic (exact) mass is 173 g/mol. The molecule has 2 heteroatoms. The van der Waals surface area contributed by atoms with Crippen molar-refractivity contribution in [2.75, 3.05) is 13.2 Å². The minimum Gasteiger partial charge on any atom is -0.377 e. The van der Waals surface area contributed by atoms with Crippen molar-refractivity contribution < 1.29 is 4.74 Å². The van der Waals surface area contributed by atoms with Gasteiger partial charge in [-0.15, -0.1) is 0 Å². The summed E-state index contributed by atoms with van der Waals surface area (Å²) >= 11 is 0. The van der Waals surface area contributed by atoms with E-state index in [4.69, 9.17) is 10.00 Å². The van der Waals surface area contributed by atoms with E-state index in [-0.39, 0.29) is 5.41 Å². The molecular formula is C11H11NO. The van der Waals surface area contributed by atoms with Gasteiger partial charge in [-0.05, 0) is 12.5 Å². The van der Waals surface area contributed by atoms with E-state index >= 15 is 0 Å². The van der Waals surface area contributed by atoms with Crippen molar-refractivity contribution in [2.24, 2.45) is 0 Å². The summed E-state index contributed by atoms with van der Waals surface area (Å²) in [5.41, 5.74) is 1.93. The lowest BCUT2D eigenvalue weighted by Crippen LogP contribution is -2.45. The molecular weight excluding hydrogens is 162 g/mol.